The number of amides is 2. The van der Waals surface area contributed by atoms with E-state index in [2.05, 4.69) is 0 Å². The lowest BCUT2D eigenvalue weighted by molar-refractivity contribution is -0.133. The van der Waals surface area contributed by atoms with Crippen molar-refractivity contribution in [1.82, 2.24) is 9.80 Å². The summed E-state index contributed by atoms with van der Waals surface area (Å²) in [7, 11) is 0. The Morgan fingerprint density at radius 3 is 2.05 bits per heavy atom. The first-order valence-corrected chi connectivity index (χ1v) is 6.89. The Balaban J connectivity index is 1.95. The van der Waals surface area contributed by atoms with Gasteiger partial charge in [-0.1, -0.05) is 17.7 Å². The van der Waals surface area contributed by atoms with Crippen LogP contribution in [0.4, 0.5) is 0 Å². The number of piperazine rings is 1. The number of nitrogens with zero attached hydrogens (tertiary/aromatic N) is 2. The summed E-state index contributed by atoms with van der Waals surface area (Å²) in [5.41, 5.74) is 7.42. The standard InChI is InChI=1S/C15H21N3O2/c1-11-3-5-13(6-4-11)15(20)18-9-7-17(8-10-18)14(19)12(2)16/h3-6,12H,7-10,16H2,1-2H3/t12-/m0/s1. The Morgan fingerprint density at radius 2 is 1.55 bits per heavy atom. The van der Waals surface area contributed by atoms with Crippen LogP contribution in [0.15, 0.2) is 24.3 Å². The van der Waals surface area contributed by atoms with Crippen molar-refractivity contribution in [2.45, 2.75) is 19.9 Å². The molecule has 2 rings (SSSR count). The summed E-state index contributed by atoms with van der Waals surface area (Å²) in [6.45, 7) is 5.91. The lowest BCUT2D eigenvalue weighted by Gasteiger charge is -2.35. The van der Waals surface area contributed by atoms with E-state index < -0.39 is 6.04 Å². The highest BCUT2D eigenvalue weighted by atomic mass is 16.2. The number of hydrogen-bond donors (Lipinski definition) is 1. The second kappa shape index (κ2) is 6.05. The molecule has 1 aromatic carbocycles. The molecule has 0 aliphatic carbocycles. The number of rotatable bonds is 2. The number of carbonyl (C=O) groups is 2. The minimum atomic E-state index is -0.477. The molecule has 0 unspecified atom stereocenters. The van der Waals surface area contributed by atoms with Crippen LogP contribution in [0.25, 0.3) is 0 Å². The Hall–Kier alpha value is -1.88. The van der Waals surface area contributed by atoms with Gasteiger partial charge >= 0.3 is 0 Å². The molecule has 0 saturated carbocycles. The summed E-state index contributed by atoms with van der Waals surface area (Å²) < 4.78 is 0. The number of benzene rings is 1. The molecule has 5 nitrogen and oxygen atoms in total. The van der Waals surface area contributed by atoms with Crippen molar-refractivity contribution in [3.05, 3.63) is 35.4 Å². The van der Waals surface area contributed by atoms with E-state index in [1.807, 2.05) is 31.2 Å². The molecule has 0 spiro atoms. The van der Waals surface area contributed by atoms with E-state index >= 15 is 0 Å². The zero-order valence-corrected chi connectivity index (χ0v) is 12.0. The predicted molar refractivity (Wildman–Crippen MR) is 77.3 cm³/mol. The van der Waals surface area contributed by atoms with Crippen LogP contribution in [0.2, 0.25) is 0 Å². The molecule has 1 aromatic rings. The SMILES string of the molecule is Cc1ccc(C(=O)N2CCN(C(=O)[C@H](C)N)CC2)cc1. The summed E-state index contributed by atoms with van der Waals surface area (Å²) in [5.74, 6) is -0.0228. The second-order valence-corrected chi connectivity index (χ2v) is 5.27. The van der Waals surface area contributed by atoms with Gasteiger partial charge in [0.05, 0.1) is 6.04 Å². The molecule has 5 heteroatoms. The smallest absolute Gasteiger partial charge is 0.253 e. The first-order chi connectivity index (χ1) is 9.49. The molecular weight excluding hydrogens is 254 g/mol. The Morgan fingerprint density at radius 1 is 1.05 bits per heavy atom. The molecule has 1 heterocycles. The van der Waals surface area contributed by atoms with Gasteiger partial charge < -0.3 is 15.5 Å². The van der Waals surface area contributed by atoms with Crippen molar-refractivity contribution >= 4 is 11.8 Å². The summed E-state index contributed by atoms with van der Waals surface area (Å²) in [5, 5.41) is 0. The maximum absolute atomic E-state index is 12.3. The van der Waals surface area contributed by atoms with Crippen molar-refractivity contribution < 1.29 is 9.59 Å². The van der Waals surface area contributed by atoms with Gasteiger partial charge in [-0.2, -0.15) is 0 Å². The third-order valence-electron chi connectivity index (χ3n) is 3.57. The molecule has 20 heavy (non-hydrogen) atoms. The topological polar surface area (TPSA) is 66.6 Å². The predicted octanol–water partition coefficient (Wildman–Crippen LogP) is 0.627. The average Bonchev–Trinajstić information content (AvgIpc) is 2.46. The van der Waals surface area contributed by atoms with Gasteiger partial charge in [0.1, 0.15) is 0 Å². The Kier molecular flexibility index (Phi) is 4.39. The highest BCUT2D eigenvalue weighted by molar-refractivity contribution is 5.94. The van der Waals surface area contributed by atoms with Crippen LogP contribution < -0.4 is 5.73 Å². The van der Waals surface area contributed by atoms with Crippen molar-refractivity contribution in [2.75, 3.05) is 26.2 Å². The van der Waals surface area contributed by atoms with Crippen molar-refractivity contribution in [3.8, 4) is 0 Å². The molecule has 0 bridgehead atoms. The molecule has 1 saturated heterocycles. The fourth-order valence-corrected chi connectivity index (χ4v) is 2.30. The highest BCUT2D eigenvalue weighted by Gasteiger charge is 2.25. The number of hydrogen-bond acceptors (Lipinski definition) is 3. The summed E-state index contributed by atoms with van der Waals surface area (Å²) in [4.78, 5) is 27.6. The van der Waals surface area contributed by atoms with Crippen LogP contribution in [0, 0.1) is 6.92 Å². The van der Waals surface area contributed by atoms with Gasteiger partial charge in [0, 0.05) is 31.7 Å². The maximum atomic E-state index is 12.3. The molecule has 1 fully saturated rings. The van der Waals surface area contributed by atoms with E-state index in [-0.39, 0.29) is 11.8 Å². The maximum Gasteiger partial charge on any atom is 0.253 e. The normalized spacial score (nSPS) is 16.9. The number of aryl methyl sites for hydroxylation is 1. The van der Waals surface area contributed by atoms with Gasteiger partial charge in [-0.25, -0.2) is 0 Å². The van der Waals surface area contributed by atoms with E-state index in [1.165, 1.54) is 0 Å². The molecule has 2 N–H and O–H groups in total. The first kappa shape index (κ1) is 14.5. The fourth-order valence-electron chi connectivity index (χ4n) is 2.30. The largest absolute Gasteiger partial charge is 0.338 e. The zero-order chi connectivity index (χ0) is 14.7. The van der Waals surface area contributed by atoms with Crippen LogP contribution in [0.1, 0.15) is 22.8 Å². The number of carbonyl (C=O) groups excluding carboxylic acids is 2. The van der Waals surface area contributed by atoms with Crippen LogP contribution in [0.5, 0.6) is 0 Å². The summed E-state index contributed by atoms with van der Waals surface area (Å²) >= 11 is 0. The van der Waals surface area contributed by atoms with Crippen LogP contribution in [0.3, 0.4) is 0 Å². The van der Waals surface area contributed by atoms with Gasteiger partial charge in [0.15, 0.2) is 0 Å². The van der Waals surface area contributed by atoms with Crippen molar-refractivity contribution in [2.24, 2.45) is 5.73 Å². The zero-order valence-electron chi connectivity index (χ0n) is 12.0. The van der Waals surface area contributed by atoms with Gasteiger partial charge in [0.25, 0.3) is 5.91 Å². The van der Waals surface area contributed by atoms with Crippen molar-refractivity contribution in [3.63, 3.8) is 0 Å². The monoisotopic (exact) mass is 275 g/mol. The molecule has 1 aliphatic heterocycles. The van der Waals surface area contributed by atoms with E-state index in [0.717, 1.165) is 5.56 Å². The van der Waals surface area contributed by atoms with Gasteiger partial charge in [-0.3, -0.25) is 9.59 Å². The van der Waals surface area contributed by atoms with Gasteiger partial charge in [0.2, 0.25) is 5.91 Å². The van der Waals surface area contributed by atoms with Crippen LogP contribution in [-0.4, -0.2) is 53.8 Å². The van der Waals surface area contributed by atoms with E-state index in [1.54, 1.807) is 16.7 Å². The van der Waals surface area contributed by atoms with E-state index in [9.17, 15) is 9.59 Å². The van der Waals surface area contributed by atoms with Crippen LogP contribution >= 0.6 is 0 Å². The molecule has 0 radical (unpaired) electrons. The average molecular weight is 275 g/mol. The quantitative estimate of drug-likeness (QED) is 0.860. The molecule has 108 valence electrons. The minimum absolute atomic E-state index is 0.0258. The lowest BCUT2D eigenvalue weighted by atomic mass is 10.1. The Bertz CT molecular complexity index is 488. The molecule has 1 atom stereocenters. The van der Waals surface area contributed by atoms with Gasteiger partial charge in [-0.05, 0) is 26.0 Å². The third-order valence-corrected chi connectivity index (χ3v) is 3.57. The lowest BCUT2D eigenvalue weighted by Crippen LogP contribution is -2.53. The fraction of sp³-hybridized carbons (Fsp3) is 0.467. The molecule has 2 amide bonds. The highest BCUT2D eigenvalue weighted by Crippen LogP contribution is 2.10. The molecule has 1 aliphatic rings. The summed E-state index contributed by atoms with van der Waals surface area (Å²) in [6.07, 6.45) is 0. The van der Waals surface area contributed by atoms with E-state index in [4.69, 9.17) is 5.73 Å². The second-order valence-electron chi connectivity index (χ2n) is 5.27. The number of nitrogens with two attached hydrogens (primary N) is 1. The minimum Gasteiger partial charge on any atom is -0.338 e. The van der Waals surface area contributed by atoms with Crippen LogP contribution in [-0.2, 0) is 4.79 Å². The third kappa shape index (κ3) is 3.17. The van der Waals surface area contributed by atoms with Crippen molar-refractivity contribution in [1.29, 1.82) is 0 Å². The molecular formula is C15H21N3O2. The Labute approximate surface area is 119 Å². The molecule has 0 aromatic heterocycles. The summed E-state index contributed by atoms with van der Waals surface area (Å²) in [6, 6.07) is 7.08. The van der Waals surface area contributed by atoms with Gasteiger partial charge in [-0.15, -0.1) is 0 Å². The van der Waals surface area contributed by atoms with E-state index in [0.29, 0.717) is 31.7 Å². The first-order valence-electron chi connectivity index (χ1n) is 6.89.